The van der Waals surface area contributed by atoms with E-state index in [2.05, 4.69) is 73.8 Å². The molecule has 2 heterocycles. The van der Waals surface area contributed by atoms with Gasteiger partial charge in [0.25, 0.3) is 0 Å². The van der Waals surface area contributed by atoms with Crippen LogP contribution in [-0.4, -0.2) is 48.1 Å². The number of nitrogens with zero attached hydrogens (tertiary/aromatic N) is 4. The van der Waals surface area contributed by atoms with Crippen LogP contribution in [0.1, 0.15) is 11.4 Å². The molecular formula is C23H28N6. The fraction of sp³-hybridized carbons (Fsp3) is 0.304. The standard InChI is InChI=1S/C23H28N6/c1-18-25-22(24-17-19-6-4-3-5-7-19)16-23(26-18)27-20-8-10-21(11-9-20)29-14-12-28(2)13-15-29/h3-11,16H,12-15,17H2,1-2H3,(H2,24,25,26,27). The van der Waals surface area contributed by atoms with Gasteiger partial charge in [0, 0.05) is 50.2 Å². The minimum atomic E-state index is 0.733. The number of hydrogen-bond acceptors (Lipinski definition) is 6. The molecule has 150 valence electrons. The van der Waals surface area contributed by atoms with Gasteiger partial charge < -0.3 is 20.4 Å². The zero-order valence-electron chi connectivity index (χ0n) is 17.1. The normalized spacial score (nSPS) is 14.6. The average molecular weight is 389 g/mol. The maximum Gasteiger partial charge on any atom is 0.136 e. The lowest BCUT2D eigenvalue weighted by atomic mass is 10.2. The largest absolute Gasteiger partial charge is 0.369 e. The lowest BCUT2D eigenvalue weighted by molar-refractivity contribution is 0.313. The van der Waals surface area contributed by atoms with Gasteiger partial charge in [0.05, 0.1) is 0 Å². The lowest BCUT2D eigenvalue weighted by Crippen LogP contribution is -2.44. The van der Waals surface area contributed by atoms with Crippen molar-refractivity contribution in [3.8, 4) is 0 Å². The van der Waals surface area contributed by atoms with Gasteiger partial charge in [0.1, 0.15) is 17.5 Å². The number of aromatic nitrogens is 2. The zero-order chi connectivity index (χ0) is 20.1. The van der Waals surface area contributed by atoms with Crippen molar-refractivity contribution in [2.24, 2.45) is 0 Å². The van der Waals surface area contributed by atoms with Crippen molar-refractivity contribution >= 4 is 23.0 Å². The van der Waals surface area contributed by atoms with Crippen molar-refractivity contribution in [2.75, 3.05) is 48.8 Å². The first kappa shape index (κ1) is 19.2. The molecule has 0 amide bonds. The molecule has 3 aromatic rings. The lowest BCUT2D eigenvalue weighted by Gasteiger charge is -2.34. The molecular weight excluding hydrogens is 360 g/mol. The van der Waals surface area contributed by atoms with Crippen LogP contribution in [0.3, 0.4) is 0 Å². The van der Waals surface area contributed by atoms with Crippen molar-refractivity contribution in [2.45, 2.75) is 13.5 Å². The zero-order valence-corrected chi connectivity index (χ0v) is 17.1. The smallest absolute Gasteiger partial charge is 0.136 e. The van der Waals surface area contributed by atoms with E-state index in [1.54, 1.807) is 0 Å². The Balaban J connectivity index is 1.40. The summed E-state index contributed by atoms with van der Waals surface area (Å²) in [4.78, 5) is 13.8. The second-order valence-corrected chi connectivity index (χ2v) is 7.49. The van der Waals surface area contributed by atoms with Crippen molar-refractivity contribution < 1.29 is 0 Å². The molecule has 1 aromatic heterocycles. The van der Waals surface area contributed by atoms with Crippen molar-refractivity contribution in [1.29, 1.82) is 0 Å². The van der Waals surface area contributed by atoms with Crippen LogP contribution in [-0.2, 0) is 6.54 Å². The van der Waals surface area contributed by atoms with Crippen LogP contribution < -0.4 is 15.5 Å². The summed E-state index contributed by atoms with van der Waals surface area (Å²) in [5.41, 5.74) is 3.51. The minimum absolute atomic E-state index is 0.733. The predicted molar refractivity (Wildman–Crippen MR) is 120 cm³/mol. The van der Waals surface area contributed by atoms with E-state index < -0.39 is 0 Å². The van der Waals surface area contributed by atoms with Gasteiger partial charge in [-0.15, -0.1) is 0 Å². The first-order valence-corrected chi connectivity index (χ1v) is 10.1. The molecule has 0 spiro atoms. The fourth-order valence-electron chi connectivity index (χ4n) is 3.48. The van der Waals surface area contributed by atoms with Gasteiger partial charge >= 0.3 is 0 Å². The van der Waals surface area contributed by atoms with E-state index in [-0.39, 0.29) is 0 Å². The van der Waals surface area contributed by atoms with Crippen molar-refractivity contribution in [1.82, 2.24) is 14.9 Å². The molecule has 2 N–H and O–H groups in total. The quantitative estimate of drug-likeness (QED) is 0.668. The van der Waals surface area contributed by atoms with Crippen LogP contribution in [0.15, 0.2) is 60.7 Å². The SMILES string of the molecule is Cc1nc(NCc2ccccc2)cc(Nc2ccc(N3CCN(C)CC3)cc2)n1. The number of likely N-dealkylation sites (N-methyl/N-ethyl adjacent to an activating group) is 1. The molecule has 0 unspecified atom stereocenters. The molecule has 0 radical (unpaired) electrons. The molecule has 2 aromatic carbocycles. The van der Waals surface area contributed by atoms with Crippen LogP contribution in [0.25, 0.3) is 0 Å². The third kappa shape index (κ3) is 5.23. The molecule has 0 aliphatic carbocycles. The summed E-state index contributed by atoms with van der Waals surface area (Å²) in [7, 11) is 2.18. The molecule has 1 fully saturated rings. The second-order valence-electron chi connectivity index (χ2n) is 7.49. The van der Waals surface area contributed by atoms with Gasteiger partial charge in [-0.1, -0.05) is 30.3 Å². The second kappa shape index (κ2) is 8.92. The monoisotopic (exact) mass is 388 g/mol. The van der Waals surface area contributed by atoms with E-state index in [4.69, 9.17) is 0 Å². The van der Waals surface area contributed by atoms with Crippen molar-refractivity contribution in [3.63, 3.8) is 0 Å². The summed E-state index contributed by atoms with van der Waals surface area (Å²) in [6, 6.07) is 20.8. The van der Waals surface area contributed by atoms with Gasteiger partial charge in [-0.05, 0) is 43.8 Å². The number of anilines is 4. The Morgan fingerprint density at radius 2 is 1.55 bits per heavy atom. The molecule has 0 saturated carbocycles. The van der Waals surface area contributed by atoms with Crippen LogP contribution in [0.4, 0.5) is 23.0 Å². The number of nitrogens with one attached hydrogen (secondary N) is 2. The van der Waals surface area contributed by atoms with Gasteiger partial charge in [0.15, 0.2) is 0 Å². The Hall–Kier alpha value is -3.12. The average Bonchev–Trinajstić information content (AvgIpc) is 2.74. The summed E-state index contributed by atoms with van der Waals surface area (Å²) in [5.74, 6) is 2.35. The summed E-state index contributed by atoms with van der Waals surface area (Å²) in [6.07, 6.45) is 0. The number of benzene rings is 2. The molecule has 6 nitrogen and oxygen atoms in total. The highest BCUT2D eigenvalue weighted by Crippen LogP contribution is 2.22. The third-order valence-corrected chi connectivity index (χ3v) is 5.16. The topological polar surface area (TPSA) is 56.3 Å². The molecule has 1 saturated heterocycles. The van der Waals surface area contributed by atoms with Gasteiger partial charge in [0.2, 0.25) is 0 Å². The van der Waals surface area contributed by atoms with E-state index in [0.717, 1.165) is 55.9 Å². The van der Waals surface area contributed by atoms with E-state index >= 15 is 0 Å². The first-order valence-electron chi connectivity index (χ1n) is 10.1. The van der Waals surface area contributed by atoms with Gasteiger partial charge in [-0.25, -0.2) is 9.97 Å². The number of hydrogen-bond donors (Lipinski definition) is 2. The van der Waals surface area contributed by atoms with E-state index in [1.807, 2.05) is 31.2 Å². The summed E-state index contributed by atoms with van der Waals surface area (Å²) >= 11 is 0. The molecule has 0 atom stereocenters. The maximum atomic E-state index is 4.53. The van der Waals surface area contributed by atoms with E-state index in [1.165, 1.54) is 11.3 Å². The summed E-state index contributed by atoms with van der Waals surface area (Å²) in [6.45, 7) is 7.01. The van der Waals surface area contributed by atoms with Gasteiger partial charge in [-0.3, -0.25) is 0 Å². The summed E-state index contributed by atoms with van der Waals surface area (Å²) in [5, 5.41) is 6.78. The molecule has 29 heavy (non-hydrogen) atoms. The summed E-state index contributed by atoms with van der Waals surface area (Å²) < 4.78 is 0. The molecule has 6 heteroatoms. The predicted octanol–water partition coefficient (Wildman–Crippen LogP) is 3.89. The number of piperazine rings is 1. The van der Waals surface area contributed by atoms with Crippen LogP contribution in [0.2, 0.25) is 0 Å². The molecule has 4 rings (SSSR count). The van der Waals surface area contributed by atoms with Crippen LogP contribution in [0.5, 0.6) is 0 Å². The Bertz CT molecular complexity index is 918. The number of rotatable bonds is 6. The Morgan fingerprint density at radius 1 is 0.862 bits per heavy atom. The first-order chi connectivity index (χ1) is 14.2. The van der Waals surface area contributed by atoms with Crippen molar-refractivity contribution in [3.05, 3.63) is 72.1 Å². The van der Waals surface area contributed by atoms with Gasteiger partial charge in [-0.2, -0.15) is 0 Å². The third-order valence-electron chi connectivity index (χ3n) is 5.16. The highest BCUT2D eigenvalue weighted by atomic mass is 15.2. The van der Waals surface area contributed by atoms with E-state index in [9.17, 15) is 0 Å². The highest BCUT2D eigenvalue weighted by molar-refractivity contribution is 5.62. The molecule has 1 aliphatic rings. The fourth-order valence-corrected chi connectivity index (χ4v) is 3.48. The van der Waals surface area contributed by atoms with Crippen LogP contribution >= 0.6 is 0 Å². The Morgan fingerprint density at radius 3 is 2.28 bits per heavy atom. The molecule has 1 aliphatic heterocycles. The Labute approximate surface area is 172 Å². The highest BCUT2D eigenvalue weighted by Gasteiger charge is 2.14. The van der Waals surface area contributed by atoms with Crippen LogP contribution in [0, 0.1) is 6.92 Å². The number of aryl methyl sites for hydroxylation is 1. The minimum Gasteiger partial charge on any atom is -0.369 e. The Kier molecular flexibility index (Phi) is 5.91. The van der Waals surface area contributed by atoms with E-state index in [0.29, 0.717) is 0 Å². The molecule has 0 bridgehead atoms. The maximum absolute atomic E-state index is 4.53.